The molecule has 2 aliphatic heterocycles. The maximum absolute atomic E-state index is 12.7. The topological polar surface area (TPSA) is 87.7 Å². The van der Waals surface area contributed by atoms with Crippen LogP contribution < -0.4 is 10.6 Å². The van der Waals surface area contributed by atoms with Crippen molar-refractivity contribution in [2.45, 2.75) is 4.90 Å². The highest BCUT2D eigenvalue weighted by atomic mass is 35.5. The molecule has 1 aromatic heterocycles. The molecule has 2 N–H and O–H groups in total. The molecule has 0 saturated carbocycles. The number of thiophene rings is 1. The van der Waals surface area contributed by atoms with E-state index in [0.29, 0.717) is 38.8 Å². The van der Waals surface area contributed by atoms with Crippen LogP contribution in [0, 0.1) is 5.92 Å². The fourth-order valence-corrected chi connectivity index (χ4v) is 5.13. The summed E-state index contributed by atoms with van der Waals surface area (Å²) >= 11 is 1.16. The standard InChI is InChI=1S/C13H19N3O4S2.ClH/c17-13(15-9-10-7-14-8-10)12-11(1-6-21-12)22(18,19)16-2-4-20-5-3-16;/h1,6,10,14H,2-5,7-9H2,(H,15,17);1H. The Kier molecular flexibility index (Phi) is 6.40. The predicted octanol–water partition coefficient (Wildman–Crippen LogP) is 0.140. The Morgan fingerprint density at radius 3 is 2.70 bits per heavy atom. The highest BCUT2D eigenvalue weighted by Gasteiger charge is 2.31. The number of hydrogen-bond acceptors (Lipinski definition) is 6. The minimum Gasteiger partial charge on any atom is -0.379 e. The van der Waals surface area contributed by atoms with Gasteiger partial charge < -0.3 is 15.4 Å². The lowest BCUT2D eigenvalue weighted by molar-refractivity contribution is 0.0730. The number of morpholine rings is 1. The third kappa shape index (κ3) is 4.04. The Balaban J connectivity index is 0.00000192. The summed E-state index contributed by atoms with van der Waals surface area (Å²) < 4.78 is 31.9. The Hall–Kier alpha value is -0.710. The number of rotatable bonds is 5. The van der Waals surface area contributed by atoms with Gasteiger partial charge in [-0.2, -0.15) is 4.31 Å². The fourth-order valence-electron chi connectivity index (χ4n) is 2.40. The van der Waals surface area contributed by atoms with Gasteiger partial charge in [0.2, 0.25) is 10.0 Å². The molecule has 23 heavy (non-hydrogen) atoms. The maximum Gasteiger partial charge on any atom is 0.262 e. The maximum atomic E-state index is 12.7. The Bertz CT molecular complexity index is 639. The van der Waals surface area contributed by atoms with Crippen LogP contribution in [0.2, 0.25) is 0 Å². The van der Waals surface area contributed by atoms with Crippen LogP contribution >= 0.6 is 23.7 Å². The molecule has 2 fully saturated rings. The quantitative estimate of drug-likeness (QED) is 0.757. The van der Waals surface area contributed by atoms with Crippen molar-refractivity contribution in [1.82, 2.24) is 14.9 Å². The lowest BCUT2D eigenvalue weighted by atomic mass is 10.0. The zero-order valence-corrected chi connectivity index (χ0v) is 14.9. The normalized spacial score (nSPS) is 19.7. The molecule has 2 aliphatic rings. The SMILES string of the molecule is Cl.O=C(NCC1CNC1)c1sccc1S(=O)(=O)N1CCOCC1. The first kappa shape index (κ1) is 18.6. The lowest BCUT2D eigenvalue weighted by Gasteiger charge is -2.27. The van der Waals surface area contributed by atoms with Gasteiger partial charge in [0.15, 0.2) is 0 Å². The van der Waals surface area contributed by atoms with Crippen molar-refractivity contribution in [2.24, 2.45) is 5.92 Å². The largest absolute Gasteiger partial charge is 0.379 e. The molecule has 2 saturated heterocycles. The molecule has 0 atom stereocenters. The van der Waals surface area contributed by atoms with E-state index in [1.54, 1.807) is 5.38 Å². The highest BCUT2D eigenvalue weighted by Crippen LogP contribution is 2.25. The number of sulfonamides is 1. The number of amides is 1. The summed E-state index contributed by atoms with van der Waals surface area (Å²) in [6.07, 6.45) is 0. The van der Waals surface area contributed by atoms with E-state index in [0.717, 1.165) is 24.4 Å². The molecular weight excluding hydrogens is 362 g/mol. The van der Waals surface area contributed by atoms with Gasteiger partial charge in [0.05, 0.1) is 13.2 Å². The van der Waals surface area contributed by atoms with Crippen LogP contribution in [0.4, 0.5) is 0 Å². The molecule has 1 aromatic rings. The summed E-state index contributed by atoms with van der Waals surface area (Å²) in [5.41, 5.74) is 0. The van der Waals surface area contributed by atoms with Crippen LogP contribution in [0.3, 0.4) is 0 Å². The first-order chi connectivity index (χ1) is 10.6. The Morgan fingerprint density at radius 2 is 2.09 bits per heavy atom. The van der Waals surface area contributed by atoms with Crippen LogP contribution in [0.25, 0.3) is 0 Å². The predicted molar refractivity (Wildman–Crippen MR) is 89.8 cm³/mol. The third-order valence-electron chi connectivity index (χ3n) is 3.84. The molecule has 1 amide bonds. The van der Waals surface area contributed by atoms with Gasteiger partial charge in [-0.05, 0) is 11.4 Å². The van der Waals surface area contributed by atoms with Crippen molar-refractivity contribution in [3.8, 4) is 0 Å². The van der Waals surface area contributed by atoms with Crippen molar-refractivity contribution < 1.29 is 17.9 Å². The first-order valence-electron chi connectivity index (χ1n) is 7.23. The van der Waals surface area contributed by atoms with Crippen molar-refractivity contribution in [1.29, 1.82) is 0 Å². The zero-order valence-electron chi connectivity index (χ0n) is 12.5. The van der Waals surface area contributed by atoms with E-state index in [2.05, 4.69) is 10.6 Å². The molecule has 130 valence electrons. The Morgan fingerprint density at radius 1 is 1.39 bits per heavy atom. The summed E-state index contributed by atoms with van der Waals surface area (Å²) in [4.78, 5) is 12.6. The molecule has 3 rings (SSSR count). The lowest BCUT2D eigenvalue weighted by Crippen LogP contribution is -2.48. The third-order valence-corrected chi connectivity index (χ3v) is 6.82. The molecule has 7 nitrogen and oxygen atoms in total. The first-order valence-corrected chi connectivity index (χ1v) is 9.55. The van der Waals surface area contributed by atoms with E-state index >= 15 is 0 Å². The molecular formula is C13H20ClN3O4S2. The van der Waals surface area contributed by atoms with Gasteiger partial charge in [0.1, 0.15) is 9.77 Å². The second kappa shape index (κ2) is 7.91. The van der Waals surface area contributed by atoms with Crippen molar-refractivity contribution in [3.63, 3.8) is 0 Å². The van der Waals surface area contributed by atoms with E-state index in [1.807, 2.05) is 0 Å². The molecule has 0 radical (unpaired) electrons. The van der Waals surface area contributed by atoms with Gasteiger partial charge in [-0.15, -0.1) is 23.7 Å². The van der Waals surface area contributed by atoms with Crippen LogP contribution in [0.15, 0.2) is 16.3 Å². The van der Waals surface area contributed by atoms with Crippen molar-refractivity contribution >= 4 is 39.7 Å². The number of hydrogen-bond donors (Lipinski definition) is 2. The molecule has 0 unspecified atom stereocenters. The number of nitrogens with zero attached hydrogens (tertiary/aromatic N) is 1. The Labute approximate surface area is 145 Å². The van der Waals surface area contributed by atoms with Gasteiger partial charge in [0.25, 0.3) is 5.91 Å². The molecule has 3 heterocycles. The van der Waals surface area contributed by atoms with Gasteiger partial charge in [-0.3, -0.25) is 4.79 Å². The van der Waals surface area contributed by atoms with E-state index in [4.69, 9.17) is 4.74 Å². The molecule has 0 aromatic carbocycles. The molecule has 0 spiro atoms. The van der Waals surface area contributed by atoms with Gasteiger partial charge in [0, 0.05) is 38.6 Å². The summed E-state index contributed by atoms with van der Waals surface area (Å²) in [7, 11) is -3.63. The summed E-state index contributed by atoms with van der Waals surface area (Å²) in [6.45, 7) is 3.78. The van der Waals surface area contributed by atoms with Gasteiger partial charge >= 0.3 is 0 Å². The van der Waals surface area contributed by atoms with Crippen LogP contribution in [-0.2, 0) is 14.8 Å². The number of nitrogens with one attached hydrogen (secondary N) is 2. The summed E-state index contributed by atoms with van der Waals surface area (Å²) in [5.74, 6) is 0.122. The number of ether oxygens (including phenoxy) is 1. The molecule has 0 bridgehead atoms. The molecule has 10 heteroatoms. The fraction of sp³-hybridized carbons (Fsp3) is 0.615. The number of halogens is 1. The van der Waals surface area contributed by atoms with E-state index in [-0.39, 0.29) is 28.1 Å². The van der Waals surface area contributed by atoms with Crippen molar-refractivity contribution in [3.05, 3.63) is 16.3 Å². The molecule has 0 aliphatic carbocycles. The van der Waals surface area contributed by atoms with Crippen molar-refractivity contribution in [2.75, 3.05) is 45.9 Å². The minimum absolute atomic E-state index is 0. The number of carbonyl (C=O) groups is 1. The van der Waals surface area contributed by atoms with Gasteiger partial charge in [-0.25, -0.2) is 8.42 Å². The average Bonchev–Trinajstić information content (AvgIpc) is 2.96. The monoisotopic (exact) mass is 381 g/mol. The van der Waals surface area contributed by atoms with Crippen LogP contribution in [0.1, 0.15) is 9.67 Å². The van der Waals surface area contributed by atoms with E-state index in [9.17, 15) is 13.2 Å². The minimum atomic E-state index is -3.63. The second-order valence-electron chi connectivity index (χ2n) is 5.36. The summed E-state index contributed by atoms with van der Waals surface area (Å²) in [6, 6.07) is 1.51. The van der Waals surface area contributed by atoms with Crippen LogP contribution in [0.5, 0.6) is 0 Å². The van der Waals surface area contributed by atoms with E-state index in [1.165, 1.54) is 10.4 Å². The van der Waals surface area contributed by atoms with Crippen LogP contribution in [-0.4, -0.2) is 64.6 Å². The number of carbonyl (C=O) groups excluding carboxylic acids is 1. The second-order valence-corrected chi connectivity index (χ2v) is 8.19. The average molecular weight is 382 g/mol. The zero-order chi connectivity index (χ0) is 15.6. The van der Waals surface area contributed by atoms with E-state index < -0.39 is 10.0 Å². The highest BCUT2D eigenvalue weighted by molar-refractivity contribution is 7.89. The smallest absolute Gasteiger partial charge is 0.262 e. The van der Waals surface area contributed by atoms with Gasteiger partial charge in [-0.1, -0.05) is 0 Å². The summed E-state index contributed by atoms with van der Waals surface area (Å²) in [5, 5.41) is 7.61.